The van der Waals surface area contributed by atoms with E-state index < -0.39 is 11.8 Å². The topological polar surface area (TPSA) is 127 Å². The number of rotatable bonds is 9. The van der Waals surface area contributed by atoms with Crippen LogP contribution in [0.2, 0.25) is 0 Å². The maximum absolute atomic E-state index is 12.1. The zero-order chi connectivity index (χ0) is 23.5. The standard InChI is InChI=1S/C23H26N4O6/c1-31-18-7-3-6-17(12-18)26-21(28)15-33-19-8-2-5-16(11-19)13-25-27-23(30)22(29)24-14-20-9-4-10-32-20/h2-3,5-8,11-13,20H,4,9-10,14-15H2,1H3,(H,24,29)(H,26,28)(H,27,30)/b25-13-/t20-/m0/s1. The van der Waals surface area contributed by atoms with Gasteiger partial charge in [0, 0.05) is 24.9 Å². The van der Waals surface area contributed by atoms with Gasteiger partial charge in [0.05, 0.1) is 19.4 Å². The maximum Gasteiger partial charge on any atom is 0.329 e. The van der Waals surface area contributed by atoms with Gasteiger partial charge in [0.2, 0.25) is 0 Å². The monoisotopic (exact) mass is 454 g/mol. The van der Waals surface area contributed by atoms with Crippen molar-refractivity contribution >= 4 is 29.6 Å². The van der Waals surface area contributed by atoms with Gasteiger partial charge in [0.15, 0.2) is 6.61 Å². The number of hydrogen-bond donors (Lipinski definition) is 3. The molecule has 1 aliphatic heterocycles. The predicted octanol–water partition coefficient (Wildman–Crippen LogP) is 1.46. The van der Waals surface area contributed by atoms with Crippen LogP contribution in [0.3, 0.4) is 0 Å². The van der Waals surface area contributed by atoms with Crippen molar-refractivity contribution in [2.24, 2.45) is 5.10 Å². The molecular formula is C23H26N4O6. The third kappa shape index (κ3) is 7.93. The Morgan fingerprint density at radius 2 is 1.94 bits per heavy atom. The first kappa shape index (κ1) is 23.7. The van der Waals surface area contributed by atoms with Crippen molar-refractivity contribution in [3.05, 3.63) is 54.1 Å². The van der Waals surface area contributed by atoms with Crippen LogP contribution >= 0.6 is 0 Å². The van der Waals surface area contributed by atoms with Crippen LogP contribution in [0.25, 0.3) is 0 Å². The normalized spacial score (nSPS) is 15.1. The van der Waals surface area contributed by atoms with Gasteiger partial charge in [0.25, 0.3) is 5.91 Å². The Balaban J connectivity index is 1.42. The van der Waals surface area contributed by atoms with Crippen molar-refractivity contribution < 1.29 is 28.6 Å². The molecule has 10 nitrogen and oxygen atoms in total. The van der Waals surface area contributed by atoms with Crippen LogP contribution in [0.4, 0.5) is 5.69 Å². The third-order valence-electron chi connectivity index (χ3n) is 4.68. The first-order valence-electron chi connectivity index (χ1n) is 10.4. The van der Waals surface area contributed by atoms with Crippen LogP contribution in [-0.2, 0) is 19.1 Å². The minimum atomic E-state index is -0.870. The molecule has 0 aromatic heterocycles. The minimum absolute atomic E-state index is 0.0504. The lowest BCUT2D eigenvalue weighted by molar-refractivity contribution is -0.139. The van der Waals surface area contributed by atoms with E-state index in [0.29, 0.717) is 35.9 Å². The Morgan fingerprint density at radius 3 is 2.73 bits per heavy atom. The van der Waals surface area contributed by atoms with Gasteiger partial charge in [-0.1, -0.05) is 18.2 Å². The van der Waals surface area contributed by atoms with E-state index in [0.717, 1.165) is 12.8 Å². The first-order chi connectivity index (χ1) is 16.0. The summed E-state index contributed by atoms with van der Waals surface area (Å²) < 4.78 is 16.0. The van der Waals surface area contributed by atoms with E-state index in [1.54, 1.807) is 55.6 Å². The lowest BCUT2D eigenvalue weighted by atomic mass is 10.2. The van der Waals surface area contributed by atoms with Crippen molar-refractivity contribution in [2.75, 3.05) is 32.2 Å². The molecule has 174 valence electrons. The molecule has 1 fully saturated rings. The molecule has 2 aromatic rings. The van der Waals surface area contributed by atoms with E-state index in [9.17, 15) is 14.4 Å². The van der Waals surface area contributed by atoms with Gasteiger partial charge in [-0.3, -0.25) is 14.4 Å². The number of carbonyl (C=O) groups excluding carboxylic acids is 3. The van der Waals surface area contributed by atoms with E-state index in [4.69, 9.17) is 14.2 Å². The van der Waals surface area contributed by atoms with Crippen LogP contribution in [0.15, 0.2) is 53.6 Å². The number of anilines is 1. The first-order valence-corrected chi connectivity index (χ1v) is 10.4. The molecule has 1 aliphatic rings. The van der Waals surface area contributed by atoms with Gasteiger partial charge in [-0.15, -0.1) is 0 Å². The van der Waals surface area contributed by atoms with E-state index in [1.165, 1.54) is 6.21 Å². The fourth-order valence-corrected chi connectivity index (χ4v) is 3.04. The molecule has 33 heavy (non-hydrogen) atoms. The summed E-state index contributed by atoms with van der Waals surface area (Å²) in [4.78, 5) is 35.7. The van der Waals surface area contributed by atoms with Crippen LogP contribution in [-0.4, -0.2) is 56.9 Å². The molecule has 1 heterocycles. The van der Waals surface area contributed by atoms with Crippen LogP contribution < -0.4 is 25.5 Å². The Hall–Kier alpha value is -3.92. The Morgan fingerprint density at radius 1 is 1.12 bits per heavy atom. The third-order valence-corrected chi connectivity index (χ3v) is 4.68. The summed E-state index contributed by atoms with van der Waals surface area (Å²) in [6.45, 7) is 0.771. The van der Waals surface area contributed by atoms with Gasteiger partial charge >= 0.3 is 11.8 Å². The second kappa shape index (κ2) is 12.2. The van der Waals surface area contributed by atoms with Crippen molar-refractivity contribution in [2.45, 2.75) is 18.9 Å². The maximum atomic E-state index is 12.1. The van der Waals surface area contributed by atoms with Crippen LogP contribution in [0, 0.1) is 0 Å². The Bertz CT molecular complexity index is 1000. The highest BCUT2D eigenvalue weighted by molar-refractivity contribution is 6.35. The van der Waals surface area contributed by atoms with E-state index in [2.05, 4.69) is 21.2 Å². The van der Waals surface area contributed by atoms with Crippen molar-refractivity contribution in [3.8, 4) is 11.5 Å². The quantitative estimate of drug-likeness (QED) is 0.299. The summed E-state index contributed by atoms with van der Waals surface area (Å²) in [5.41, 5.74) is 3.38. The predicted molar refractivity (Wildman–Crippen MR) is 121 cm³/mol. The molecule has 0 radical (unpaired) electrons. The lowest BCUT2D eigenvalue weighted by Gasteiger charge is -2.09. The molecule has 0 saturated carbocycles. The SMILES string of the molecule is COc1cccc(NC(=O)COc2cccc(/C=N\NC(=O)C(=O)NC[C@@H]3CCCO3)c2)c1. The fraction of sp³-hybridized carbons (Fsp3) is 0.304. The number of nitrogens with one attached hydrogen (secondary N) is 3. The smallest absolute Gasteiger partial charge is 0.329 e. The van der Waals surface area contributed by atoms with Crippen molar-refractivity contribution in [3.63, 3.8) is 0 Å². The molecule has 0 aliphatic carbocycles. The molecular weight excluding hydrogens is 428 g/mol. The zero-order valence-electron chi connectivity index (χ0n) is 18.2. The molecule has 1 saturated heterocycles. The highest BCUT2D eigenvalue weighted by Crippen LogP contribution is 2.17. The fourth-order valence-electron chi connectivity index (χ4n) is 3.04. The summed E-state index contributed by atoms with van der Waals surface area (Å²) in [5, 5.41) is 9.03. The average Bonchev–Trinajstić information content (AvgIpc) is 3.35. The minimum Gasteiger partial charge on any atom is -0.497 e. The average molecular weight is 454 g/mol. The van der Waals surface area contributed by atoms with E-state index in [-0.39, 0.29) is 18.6 Å². The summed E-state index contributed by atoms with van der Waals surface area (Å²) in [5.74, 6) is -0.898. The molecule has 0 spiro atoms. The van der Waals surface area contributed by atoms with E-state index >= 15 is 0 Å². The van der Waals surface area contributed by atoms with Crippen molar-refractivity contribution in [1.29, 1.82) is 0 Å². The summed E-state index contributed by atoms with van der Waals surface area (Å²) in [6.07, 6.45) is 3.13. The van der Waals surface area contributed by atoms with Gasteiger partial charge in [-0.25, -0.2) is 5.43 Å². The highest BCUT2D eigenvalue weighted by atomic mass is 16.5. The van der Waals surface area contributed by atoms with Crippen molar-refractivity contribution in [1.82, 2.24) is 10.7 Å². The van der Waals surface area contributed by atoms with Crippen LogP contribution in [0.1, 0.15) is 18.4 Å². The molecule has 3 N–H and O–H groups in total. The van der Waals surface area contributed by atoms with Gasteiger partial charge in [-0.2, -0.15) is 5.10 Å². The van der Waals surface area contributed by atoms with Gasteiger partial charge in [0.1, 0.15) is 11.5 Å². The highest BCUT2D eigenvalue weighted by Gasteiger charge is 2.18. The summed E-state index contributed by atoms with van der Waals surface area (Å²) in [7, 11) is 1.55. The van der Waals surface area contributed by atoms with Gasteiger partial charge in [-0.05, 0) is 42.7 Å². The molecule has 0 unspecified atom stereocenters. The summed E-state index contributed by atoms with van der Waals surface area (Å²) >= 11 is 0. The number of amides is 3. The number of nitrogens with zero attached hydrogens (tertiary/aromatic N) is 1. The van der Waals surface area contributed by atoms with Gasteiger partial charge < -0.3 is 24.8 Å². The zero-order valence-corrected chi connectivity index (χ0v) is 18.2. The molecule has 10 heteroatoms. The molecule has 3 amide bonds. The Kier molecular flexibility index (Phi) is 8.78. The molecule has 2 aromatic carbocycles. The van der Waals surface area contributed by atoms with E-state index in [1.807, 2.05) is 0 Å². The van der Waals surface area contributed by atoms with Crippen LogP contribution in [0.5, 0.6) is 11.5 Å². The summed E-state index contributed by atoms with van der Waals surface area (Å²) in [6, 6.07) is 13.8. The molecule has 1 atom stereocenters. The number of ether oxygens (including phenoxy) is 3. The second-order valence-electron chi connectivity index (χ2n) is 7.19. The number of carbonyl (C=O) groups is 3. The molecule has 0 bridgehead atoms. The second-order valence-corrected chi connectivity index (χ2v) is 7.19. The largest absolute Gasteiger partial charge is 0.497 e. The molecule has 3 rings (SSSR count). The number of hydrazone groups is 1. The number of methoxy groups -OCH3 is 1. The lowest BCUT2D eigenvalue weighted by Crippen LogP contribution is -2.41. The number of benzene rings is 2. The number of hydrogen-bond acceptors (Lipinski definition) is 7. The Labute approximate surface area is 191 Å².